The number of ether oxygens (including phenoxy) is 1. The molecule has 6 heteroatoms. The lowest BCUT2D eigenvalue weighted by atomic mass is 9.90. The fourth-order valence-corrected chi connectivity index (χ4v) is 4.72. The van der Waals surface area contributed by atoms with Crippen LogP contribution in [-0.2, 0) is 9.53 Å². The van der Waals surface area contributed by atoms with E-state index in [1.165, 1.54) is 6.42 Å². The van der Waals surface area contributed by atoms with Gasteiger partial charge < -0.3 is 20.3 Å². The van der Waals surface area contributed by atoms with Gasteiger partial charge in [-0.1, -0.05) is 60.7 Å². The maximum atomic E-state index is 13.6. The summed E-state index contributed by atoms with van der Waals surface area (Å²) in [7, 11) is 1.65. The molecule has 188 valence electrons. The summed E-state index contributed by atoms with van der Waals surface area (Å²) in [5.41, 5.74) is 3.95. The summed E-state index contributed by atoms with van der Waals surface area (Å²) in [6.07, 6.45) is 4.18. The van der Waals surface area contributed by atoms with Crippen molar-refractivity contribution in [3.63, 3.8) is 0 Å². The molecule has 6 nitrogen and oxygen atoms in total. The zero-order valence-electron chi connectivity index (χ0n) is 20.9. The fraction of sp³-hybridized carbons (Fsp3) is 0.333. The molecule has 0 bridgehead atoms. The summed E-state index contributed by atoms with van der Waals surface area (Å²) < 4.78 is 5.10. The van der Waals surface area contributed by atoms with Gasteiger partial charge in [0.1, 0.15) is 0 Å². The van der Waals surface area contributed by atoms with Gasteiger partial charge in [0, 0.05) is 44.7 Å². The van der Waals surface area contributed by atoms with E-state index in [4.69, 9.17) is 4.74 Å². The first-order valence-electron chi connectivity index (χ1n) is 12.7. The Kier molecular flexibility index (Phi) is 9.11. The van der Waals surface area contributed by atoms with Crippen LogP contribution in [0.25, 0.3) is 0 Å². The van der Waals surface area contributed by atoms with E-state index in [0.29, 0.717) is 24.4 Å². The highest BCUT2D eigenvalue weighted by Gasteiger charge is 2.24. The number of amides is 2. The van der Waals surface area contributed by atoms with Gasteiger partial charge in [-0.05, 0) is 55.0 Å². The van der Waals surface area contributed by atoms with Crippen molar-refractivity contribution in [2.24, 2.45) is 0 Å². The van der Waals surface area contributed by atoms with Crippen LogP contribution in [0.2, 0.25) is 0 Å². The van der Waals surface area contributed by atoms with Gasteiger partial charge in [0.05, 0.1) is 11.5 Å². The predicted octanol–water partition coefficient (Wildman–Crippen LogP) is 5.21. The van der Waals surface area contributed by atoms with Crippen LogP contribution in [0.5, 0.6) is 0 Å². The summed E-state index contributed by atoms with van der Waals surface area (Å²) in [5, 5.41) is 6.09. The van der Waals surface area contributed by atoms with Crippen molar-refractivity contribution in [3.8, 4) is 0 Å². The second-order valence-electron chi connectivity index (χ2n) is 9.13. The topological polar surface area (TPSA) is 70.7 Å². The van der Waals surface area contributed by atoms with Gasteiger partial charge in [-0.2, -0.15) is 0 Å². The molecule has 36 heavy (non-hydrogen) atoms. The molecule has 1 heterocycles. The first-order chi connectivity index (χ1) is 17.7. The normalized spacial score (nSPS) is 13.4. The number of carbonyl (C=O) groups is 2. The van der Waals surface area contributed by atoms with Gasteiger partial charge in [0.2, 0.25) is 5.91 Å². The summed E-state index contributed by atoms with van der Waals surface area (Å²) in [6.45, 7) is 2.99. The summed E-state index contributed by atoms with van der Waals surface area (Å²) in [4.78, 5) is 29.1. The Bertz CT molecular complexity index is 1090. The highest BCUT2D eigenvalue weighted by Crippen LogP contribution is 2.30. The maximum absolute atomic E-state index is 13.6. The standard InChI is InChI=1S/C30H35N3O3/c1-36-21-11-18-31-29(34)26-22-25(16-17-27(26)33-19-9-4-10-20-33)32-30(35)28(23-12-5-2-6-13-23)24-14-7-3-8-15-24/h2-3,5-8,12-17,22,28H,4,9-11,18-21H2,1H3,(H,31,34)(H,32,35). The Morgan fingerprint density at radius 2 is 1.53 bits per heavy atom. The Morgan fingerprint density at radius 1 is 0.889 bits per heavy atom. The molecule has 3 aromatic rings. The van der Waals surface area contributed by atoms with Gasteiger partial charge in [-0.3, -0.25) is 9.59 Å². The van der Waals surface area contributed by atoms with E-state index in [0.717, 1.165) is 49.2 Å². The number of carbonyl (C=O) groups excluding carboxylic acids is 2. The summed E-state index contributed by atoms with van der Waals surface area (Å²) in [5.74, 6) is -0.726. The molecule has 0 aliphatic carbocycles. The van der Waals surface area contributed by atoms with Crippen LogP contribution in [0.3, 0.4) is 0 Å². The van der Waals surface area contributed by atoms with Crippen LogP contribution in [0, 0.1) is 0 Å². The minimum absolute atomic E-state index is 0.134. The highest BCUT2D eigenvalue weighted by molar-refractivity contribution is 6.03. The van der Waals surface area contributed by atoms with Crippen molar-refractivity contribution >= 4 is 23.2 Å². The minimum Gasteiger partial charge on any atom is -0.385 e. The van der Waals surface area contributed by atoms with Crippen LogP contribution in [0.15, 0.2) is 78.9 Å². The average Bonchev–Trinajstić information content (AvgIpc) is 2.93. The van der Waals surface area contributed by atoms with Crippen molar-refractivity contribution in [2.45, 2.75) is 31.6 Å². The predicted molar refractivity (Wildman–Crippen MR) is 145 cm³/mol. The third kappa shape index (κ3) is 6.52. The molecule has 2 amide bonds. The molecule has 3 aromatic carbocycles. The van der Waals surface area contributed by atoms with Crippen molar-refractivity contribution in [1.29, 1.82) is 0 Å². The van der Waals surface area contributed by atoms with E-state index < -0.39 is 5.92 Å². The maximum Gasteiger partial charge on any atom is 0.253 e. The number of hydrogen-bond donors (Lipinski definition) is 2. The molecule has 0 radical (unpaired) electrons. The van der Waals surface area contributed by atoms with E-state index in [1.54, 1.807) is 13.2 Å². The fourth-order valence-electron chi connectivity index (χ4n) is 4.72. The van der Waals surface area contributed by atoms with Gasteiger partial charge in [0.25, 0.3) is 5.91 Å². The molecule has 1 aliphatic rings. The van der Waals surface area contributed by atoms with E-state index in [9.17, 15) is 9.59 Å². The summed E-state index contributed by atoms with van der Waals surface area (Å²) >= 11 is 0. The van der Waals surface area contributed by atoms with Crippen LogP contribution in [0.1, 0.15) is 53.1 Å². The monoisotopic (exact) mass is 485 g/mol. The molecule has 1 saturated heterocycles. The van der Waals surface area contributed by atoms with Crippen LogP contribution < -0.4 is 15.5 Å². The number of hydrogen-bond acceptors (Lipinski definition) is 4. The van der Waals surface area contributed by atoms with Crippen molar-refractivity contribution in [3.05, 3.63) is 95.6 Å². The number of rotatable bonds is 10. The Hall–Kier alpha value is -3.64. The van der Waals surface area contributed by atoms with Crippen LogP contribution in [0.4, 0.5) is 11.4 Å². The van der Waals surface area contributed by atoms with Gasteiger partial charge >= 0.3 is 0 Å². The molecule has 0 atom stereocenters. The first-order valence-corrected chi connectivity index (χ1v) is 12.7. The third-order valence-corrected chi connectivity index (χ3v) is 6.54. The molecule has 1 aliphatic heterocycles. The molecule has 1 fully saturated rings. The Morgan fingerprint density at radius 3 is 2.14 bits per heavy atom. The second kappa shape index (κ2) is 12.9. The number of nitrogens with one attached hydrogen (secondary N) is 2. The number of benzene rings is 3. The second-order valence-corrected chi connectivity index (χ2v) is 9.13. The highest BCUT2D eigenvalue weighted by atomic mass is 16.5. The lowest BCUT2D eigenvalue weighted by Gasteiger charge is -2.30. The van der Waals surface area contributed by atoms with Crippen LogP contribution >= 0.6 is 0 Å². The number of anilines is 2. The Labute approximate surface area is 213 Å². The zero-order valence-corrected chi connectivity index (χ0v) is 20.9. The Balaban J connectivity index is 1.60. The zero-order chi connectivity index (χ0) is 25.2. The molecule has 0 saturated carbocycles. The smallest absolute Gasteiger partial charge is 0.253 e. The van der Waals surface area contributed by atoms with Gasteiger partial charge in [-0.15, -0.1) is 0 Å². The van der Waals surface area contributed by atoms with E-state index in [-0.39, 0.29) is 11.8 Å². The SMILES string of the molecule is COCCCNC(=O)c1cc(NC(=O)C(c2ccccc2)c2ccccc2)ccc1N1CCCCC1. The lowest BCUT2D eigenvalue weighted by molar-refractivity contribution is -0.116. The largest absolute Gasteiger partial charge is 0.385 e. The van der Waals surface area contributed by atoms with E-state index in [1.807, 2.05) is 72.8 Å². The van der Waals surface area contributed by atoms with E-state index >= 15 is 0 Å². The molecule has 0 spiro atoms. The molecule has 4 rings (SSSR count). The molecule has 0 aromatic heterocycles. The van der Waals surface area contributed by atoms with Crippen molar-refractivity contribution in [2.75, 3.05) is 43.6 Å². The third-order valence-electron chi connectivity index (χ3n) is 6.54. The van der Waals surface area contributed by atoms with Crippen molar-refractivity contribution in [1.82, 2.24) is 5.32 Å². The number of piperidine rings is 1. The quantitative estimate of drug-likeness (QED) is 0.387. The number of nitrogens with zero attached hydrogens (tertiary/aromatic N) is 1. The first kappa shape index (κ1) is 25.5. The minimum atomic E-state index is -0.458. The molecule has 2 N–H and O–H groups in total. The van der Waals surface area contributed by atoms with Crippen molar-refractivity contribution < 1.29 is 14.3 Å². The molecular weight excluding hydrogens is 450 g/mol. The van der Waals surface area contributed by atoms with Gasteiger partial charge in [0.15, 0.2) is 0 Å². The molecule has 0 unspecified atom stereocenters. The number of methoxy groups -OCH3 is 1. The summed E-state index contributed by atoms with van der Waals surface area (Å²) in [6, 6.07) is 25.2. The van der Waals surface area contributed by atoms with E-state index in [2.05, 4.69) is 15.5 Å². The van der Waals surface area contributed by atoms with Gasteiger partial charge in [-0.25, -0.2) is 0 Å². The average molecular weight is 486 g/mol. The lowest BCUT2D eigenvalue weighted by Crippen LogP contribution is -2.33. The van der Waals surface area contributed by atoms with Crippen LogP contribution in [-0.4, -0.2) is 45.2 Å². The molecular formula is C30H35N3O3.